The number of hydrogen-bond donors (Lipinski definition) is 1. The quantitative estimate of drug-likeness (QED) is 0.893. The average Bonchev–Trinajstić information content (AvgIpc) is 2.79. The minimum Gasteiger partial charge on any atom is -0.444 e. The standard InChI is InChI=1S/C20H26N2O3/c1-19(2,3)25-18(23)22-16-8-9-17(22)13-20(24,12-16)15-6-4-14(5-7-15)10-11-21/h4-7,16-17,24H,8-10,12-13H2,1-3H3. The Hall–Kier alpha value is -2.06. The highest BCUT2D eigenvalue weighted by atomic mass is 16.6. The van der Waals surface area contributed by atoms with Crippen LogP contribution in [0.15, 0.2) is 24.3 Å². The lowest BCUT2D eigenvalue weighted by atomic mass is 9.80. The summed E-state index contributed by atoms with van der Waals surface area (Å²) in [6.45, 7) is 5.61. The zero-order valence-electron chi connectivity index (χ0n) is 15.2. The first-order valence-electron chi connectivity index (χ1n) is 8.92. The topological polar surface area (TPSA) is 73.6 Å². The van der Waals surface area contributed by atoms with E-state index in [9.17, 15) is 9.90 Å². The van der Waals surface area contributed by atoms with Gasteiger partial charge in [-0.3, -0.25) is 0 Å². The van der Waals surface area contributed by atoms with Gasteiger partial charge in [-0.25, -0.2) is 4.79 Å². The summed E-state index contributed by atoms with van der Waals surface area (Å²) in [6.07, 6.45) is 2.96. The van der Waals surface area contributed by atoms with Crippen LogP contribution in [-0.2, 0) is 16.8 Å². The monoisotopic (exact) mass is 342 g/mol. The first kappa shape index (κ1) is 17.8. The predicted octanol–water partition coefficient (Wildman–Crippen LogP) is 3.50. The van der Waals surface area contributed by atoms with Crippen molar-refractivity contribution in [3.05, 3.63) is 35.4 Å². The molecular formula is C20H26N2O3. The molecule has 2 atom stereocenters. The number of fused-ring (bicyclic) bond motifs is 2. The molecular weight excluding hydrogens is 316 g/mol. The van der Waals surface area contributed by atoms with Gasteiger partial charge in [0.1, 0.15) is 5.60 Å². The van der Waals surface area contributed by atoms with E-state index in [0.717, 1.165) is 24.0 Å². The van der Waals surface area contributed by atoms with Crippen LogP contribution in [0.2, 0.25) is 0 Å². The van der Waals surface area contributed by atoms with Crippen LogP contribution in [0.1, 0.15) is 57.6 Å². The minimum atomic E-state index is -0.921. The maximum absolute atomic E-state index is 12.5. The van der Waals surface area contributed by atoms with Crippen molar-refractivity contribution in [1.29, 1.82) is 5.26 Å². The molecule has 0 saturated carbocycles. The molecule has 2 fully saturated rings. The second kappa shape index (κ2) is 6.34. The van der Waals surface area contributed by atoms with Crippen LogP contribution in [0.3, 0.4) is 0 Å². The largest absolute Gasteiger partial charge is 0.444 e. The number of benzene rings is 1. The van der Waals surface area contributed by atoms with Crippen molar-refractivity contribution in [3.8, 4) is 6.07 Å². The number of amides is 1. The van der Waals surface area contributed by atoms with Crippen LogP contribution in [0.5, 0.6) is 0 Å². The molecule has 5 heteroatoms. The molecule has 5 nitrogen and oxygen atoms in total. The van der Waals surface area contributed by atoms with E-state index in [2.05, 4.69) is 6.07 Å². The Bertz CT molecular complexity index is 670. The lowest BCUT2D eigenvalue weighted by molar-refractivity contribution is -0.0624. The van der Waals surface area contributed by atoms with Crippen molar-refractivity contribution in [2.75, 3.05) is 0 Å². The highest BCUT2D eigenvalue weighted by Gasteiger charge is 2.51. The molecule has 3 rings (SSSR count). The molecule has 1 aromatic rings. The molecule has 2 bridgehead atoms. The van der Waals surface area contributed by atoms with Gasteiger partial charge in [0.15, 0.2) is 0 Å². The second-order valence-corrected chi connectivity index (χ2v) is 8.24. The van der Waals surface area contributed by atoms with Crippen molar-refractivity contribution in [2.45, 2.75) is 76.2 Å². The van der Waals surface area contributed by atoms with Crippen LogP contribution < -0.4 is 0 Å². The van der Waals surface area contributed by atoms with Crippen LogP contribution in [0, 0.1) is 11.3 Å². The fourth-order valence-corrected chi connectivity index (χ4v) is 4.10. The number of nitriles is 1. The summed E-state index contributed by atoms with van der Waals surface area (Å²) < 4.78 is 5.55. The first-order valence-corrected chi connectivity index (χ1v) is 8.92. The third-order valence-electron chi connectivity index (χ3n) is 5.15. The fourth-order valence-electron chi connectivity index (χ4n) is 4.10. The molecule has 0 spiro atoms. The zero-order chi connectivity index (χ0) is 18.2. The van der Waals surface area contributed by atoms with Crippen LogP contribution >= 0.6 is 0 Å². The summed E-state index contributed by atoms with van der Waals surface area (Å²) in [6, 6.07) is 9.78. The average molecular weight is 342 g/mol. The van der Waals surface area contributed by atoms with Gasteiger partial charge in [0.25, 0.3) is 0 Å². The molecule has 2 unspecified atom stereocenters. The summed E-state index contributed by atoms with van der Waals surface area (Å²) in [5.41, 5.74) is 0.384. The van der Waals surface area contributed by atoms with Gasteiger partial charge in [0.2, 0.25) is 0 Å². The van der Waals surface area contributed by atoms with Crippen molar-refractivity contribution in [3.63, 3.8) is 0 Å². The van der Waals surface area contributed by atoms with Crippen molar-refractivity contribution in [1.82, 2.24) is 4.90 Å². The Kier molecular flexibility index (Phi) is 4.51. The number of piperidine rings is 1. The fraction of sp³-hybridized carbons (Fsp3) is 0.600. The van der Waals surface area contributed by atoms with E-state index in [0.29, 0.717) is 19.3 Å². The molecule has 1 aromatic carbocycles. The van der Waals surface area contributed by atoms with E-state index < -0.39 is 11.2 Å². The number of carbonyl (C=O) groups is 1. The van der Waals surface area contributed by atoms with Gasteiger partial charge >= 0.3 is 6.09 Å². The van der Waals surface area contributed by atoms with E-state index >= 15 is 0 Å². The normalized spacial score (nSPS) is 28.5. The second-order valence-electron chi connectivity index (χ2n) is 8.24. The van der Waals surface area contributed by atoms with E-state index in [-0.39, 0.29) is 18.2 Å². The molecule has 0 aliphatic carbocycles. The summed E-state index contributed by atoms with van der Waals surface area (Å²) in [5.74, 6) is 0. The zero-order valence-corrected chi connectivity index (χ0v) is 15.2. The molecule has 1 N–H and O–H groups in total. The molecule has 1 amide bonds. The Balaban J connectivity index is 1.76. The lowest BCUT2D eigenvalue weighted by Crippen LogP contribution is -2.53. The summed E-state index contributed by atoms with van der Waals surface area (Å²) >= 11 is 0. The highest BCUT2D eigenvalue weighted by Crippen LogP contribution is 2.46. The Morgan fingerprint density at radius 1 is 1.28 bits per heavy atom. The number of carbonyl (C=O) groups excluding carboxylic acids is 1. The molecule has 2 saturated heterocycles. The number of rotatable bonds is 2. The Labute approximate surface area is 149 Å². The van der Waals surface area contributed by atoms with Gasteiger partial charge in [-0.1, -0.05) is 24.3 Å². The maximum atomic E-state index is 12.5. The van der Waals surface area contributed by atoms with E-state index in [1.54, 1.807) is 0 Å². The molecule has 25 heavy (non-hydrogen) atoms. The van der Waals surface area contributed by atoms with Crippen molar-refractivity contribution < 1.29 is 14.6 Å². The van der Waals surface area contributed by atoms with E-state index in [4.69, 9.17) is 10.00 Å². The van der Waals surface area contributed by atoms with Gasteiger partial charge in [-0.2, -0.15) is 5.26 Å². The molecule has 0 aromatic heterocycles. The van der Waals surface area contributed by atoms with E-state index in [1.807, 2.05) is 49.9 Å². The first-order chi connectivity index (χ1) is 11.7. The van der Waals surface area contributed by atoms with Gasteiger partial charge in [-0.15, -0.1) is 0 Å². The number of nitrogens with zero attached hydrogens (tertiary/aromatic N) is 2. The molecule has 0 radical (unpaired) electrons. The highest BCUT2D eigenvalue weighted by molar-refractivity contribution is 5.69. The Morgan fingerprint density at radius 2 is 1.84 bits per heavy atom. The molecule has 2 aliphatic rings. The van der Waals surface area contributed by atoms with Crippen LogP contribution in [0.4, 0.5) is 4.79 Å². The lowest BCUT2D eigenvalue weighted by Gasteiger charge is -2.44. The van der Waals surface area contributed by atoms with Gasteiger partial charge in [-0.05, 0) is 44.7 Å². The maximum Gasteiger partial charge on any atom is 0.410 e. The summed E-state index contributed by atoms with van der Waals surface area (Å²) in [5, 5.41) is 20.0. The smallest absolute Gasteiger partial charge is 0.410 e. The summed E-state index contributed by atoms with van der Waals surface area (Å²) in [4.78, 5) is 14.4. The Morgan fingerprint density at radius 3 is 2.32 bits per heavy atom. The minimum absolute atomic E-state index is 0.0115. The summed E-state index contributed by atoms with van der Waals surface area (Å²) in [7, 11) is 0. The molecule has 134 valence electrons. The molecule has 2 heterocycles. The number of aliphatic hydroxyl groups is 1. The third kappa shape index (κ3) is 3.64. The van der Waals surface area contributed by atoms with Gasteiger partial charge in [0, 0.05) is 24.9 Å². The predicted molar refractivity (Wildman–Crippen MR) is 93.8 cm³/mol. The molecule has 2 aliphatic heterocycles. The number of ether oxygens (including phenoxy) is 1. The van der Waals surface area contributed by atoms with Crippen LogP contribution in [-0.4, -0.2) is 33.8 Å². The van der Waals surface area contributed by atoms with Crippen molar-refractivity contribution >= 4 is 6.09 Å². The third-order valence-corrected chi connectivity index (χ3v) is 5.15. The van der Waals surface area contributed by atoms with Gasteiger partial charge in [0.05, 0.1) is 18.1 Å². The van der Waals surface area contributed by atoms with Crippen LogP contribution in [0.25, 0.3) is 0 Å². The van der Waals surface area contributed by atoms with Gasteiger partial charge < -0.3 is 14.7 Å². The van der Waals surface area contributed by atoms with Crippen molar-refractivity contribution in [2.24, 2.45) is 0 Å². The van der Waals surface area contributed by atoms with E-state index in [1.165, 1.54) is 0 Å². The SMILES string of the molecule is CC(C)(C)OC(=O)N1C2CCC1CC(O)(c1ccc(CC#N)cc1)C2. The number of hydrogen-bond acceptors (Lipinski definition) is 4.